The van der Waals surface area contributed by atoms with Crippen molar-refractivity contribution in [3.05, 3.63) is 29.8 Å². The molecule has 154 valence electrons. The molecule has 1 N–H and O–H groups in total. The van der Waals surface area contributed by atoms with E-state index in [0.717, 1.165) is 18.8 Å². The van der Waals surface area contributed by atoms with E-state index in [2.05, 4.69) is 60.3 Å². The molecule has 1 aliphatic heterocycles. The van der Waals surface area contributed by atoms with Crippen LogP contribution in [-0.4, -0.2) is 63.2 Å². The highest BCUT2D eigenvalue weighted by molar-refractivity contribution is 5.85. The maximum atomic E-state index is 5.69. The summed E-state index contributed by atoms with van der Waals surface area (Å²) in [7, 11) is 4.01. The van der Waals surface area contributed by atoms with Gasteiger partial charge in [0.05, 0.1) is 7.11 Å². The molecule has 27 heavy (non-hydrogen) atoms. The number of hydrogen-bond acceptors (Lipinski definition) is 4. The van der Waals surface area contributed by atoms with Gasteiger partial charge in [-0.15, -0.1) is 12.4 Å². The number of likely N-dealkylation sites (N-methyl/N-ethyl adjacent to an activating group) is 1. The number of hydrogen-bond donors (Lipinski definition) is 1. The molecule has 0 amide bonds. The van der Waals surface area contributed by atoms with Crippen LogP contribution in [0.1, 0.15) is 45.1 Å². The lowest BCUT2D eigenvalue weighted by atomic mass is 9.84. The number of nitrogens with zero attached hydrogens (tertiary/aromatic N) is 2. The molecule has 0 unspecified atom stereocenters. The summed E-state index contributed by atoms with van der Waals surface area (Å²) >= 11 is 0. The second-order valence-corrected chi connectivity index (χ2v) is 9.09. The minimum Gasteiger partial charge on any atom is -0.496 e. The Balaban J connectivity index is 0.00000261. The van der Waals surface area contributed by atoms with Crippen LogP contribution in [0.25, 0.3) is 0 Å². The van der Waals surface area contributed by atoms with E-state index in [1.807, 2.05) is 0 Å². The van der Waals surface area contributed by atoms with Crippen LogP contribution in [0.5, 0.6) is 5.75 Å². The standard InChI is InChI=1S/C22H37N3O.ClH/c1-21(2,18-25-15-13-24(3)14-16-25)17-23-22(11-7-8-12-22)19-9-5-6-10-20(19)26-4;/h5-6,9-10,23H,7-8,11-18H2,1-4H3;1H. The number of rotatable bonds is 7. The molecule has 1 saturated carbocycles. The lowest BCUT2D eigenvalue weighted by Crippen LogP contribution is -2.51. The molecule has 1 heterocycles. The van der Waals surface area contributed by atoms with Crippen LogP contribution in [0.3, 0.4) is 0 Å². The third kappa shape index (κ3) is 5.60. The molecule has 1 aromatic rings. The van der Waals surface area contributed by atoms with Gasteiger partial charge < -0.3 is 19.9 Å². The van der Waals surface area contributed by atoms with Gasteiger partial charge in [0.1, 0.15) is 5.75 Å². The quantitative estimate of drug-likeness (QED) is 0.760. The highest BCUT2D eigenvalue weighted by atomic mass is 35.5. The summed E-state index contributed by atoms with van der Waals surface area (Å²) in [5, 5.41) is 4.01. The summed E-state index contributed by atoms with van der Waals surface area (Å²) in [6, 6.07) is 8.58. The fourth-order valence-electron chi connectivity index (χ4n) is 4.64. The largest absolute Gasteiger partial charge is 0.496 e. The summed E-state index contributed by atoms with van der Waals surface area (Å²) in [5.41, 5.74) is 1.68. The predicted octanol–water partition coefficient (Wildman–Crippen LogP) is 3.75. The molecule has 5 heteroatoms. The summed E-state index contributed by atoms with van der Waals surface area (Å²) in [4.78, 5) is 5.06. The molecular formula is C22H38ClN3O. The molecule has 4 nitrogen and oxygen atoms in total. The van der Waals surface area contributed by atoms with Crippen molar-refractivity contribution in [1.82, 2.24) is 15.1 Å². The first kappa shape index (κ1) is 22.5. The molecule has 2 fully saturated rings. The number of ether oxygens (including phenoxy) is 1. The number of benzene rings is 1. The average molecular weight is 396 g/mol. The van der Waals surface area contributed by atoms with Gasteiger partial charge in [0, 0.05) is 50.4 Å². The lowest BCUT2D eigenvalue weighted by Gasteiger charge is -2.40. The third-order valence-corrected chi connectivity index (χ3v) is 6.23. The summed E-state index contributed by atoms with van der Waals surface area (Å²) in [5.74, 6) is 1.03. The summed E-state index contributed by atoms with van der Waals surface area (Å²) < 4.78 is 5.69. The van der Waals surface area contributed by atoms with Crippen LogP contribution in [0.15, 0.2) is 24.3 Å². The minimum absolute atomic E-state index is 0. The van der Waals surface area contributed by atoms with E-state index in [1.165, 1.54) is 57.4 Å². The van der Waals surface area contributed by atoms with Gasteiger partial charge in [0.25, 0.3) is 0 Å². The van der Waals surface area contributed by atoms with Crippen molar-refractivity contribution in [3.63, 3.8) is 0 Å². The number of nitrogens with one attached hydrogen (secondary N) is 1. The zero-order chi connectivity index (χ0) is 18.6. The van der Waals surface area contributed by atoms with Crippen molar-refractivity contribution in [2.75, 3.05) is 53.4 Å². The first-order valence-corrected chi connectivity index (χ1v) is 10.2. The van der Waals surface area contributed by atoms with Crippen LogP contribution in [0.2, 0.25) is 0 Å². The van der Waals surface area contributed by atoms with E-state index >= 15 is 0 Å². The summed E-state index contributed by atoms with van der Waals surface area (Å²) in [6.07, 6.45) is 5.00. The monoisotopic (exact) mass is 395 g/mol. The Bertz CT molecular complexity index is 579. The molecule has 0 spiro atoms. The number of para-hydroxylation sites is 1. The first-order valence-electron chi connectivity index (χ1n) is 10.2. The smallest absolute Gasteiger partial charge is 0.123 e. The second-order valence-electron chi connectivity index (χ2n) is 9.09. The minimum atomic E-state index is 0. The van der Waals surface area contributed by atoms with Crippen molar-refractivity contribution in [2.24, 2.45) is 5.41 Å². The fourth-order valence-corrected chi connectivity index (χ4v) is 4.64. The van der Waals surface area contributed by atoms with E-state index < -0.39 is 0 Å². The van der Waals surface area contributed by atoms with E-state index in [0.29, 0.717) is 0 Å². The van der Waals surface area contributed by atoms with Crippen molar-refractivity contribution in [3.8, 4) is 5.75 Å². The Hall–Kier alpha value is -0.810. The molecule has 0 aromatic heterocycles. The lowest BCUT2D eigenvalue weighted by molar-refractivity contribution is 0.104. The maximum Gasteiger partial charge on any atom is 0.123 e. The predicted molar refractivity (Wildman–Crippen MR) is 116 cm³/mol. The normalized spacial score (nSPS) is 21.0. The number of piperazine rings is 1. The second kappa shape index (κ2) is 9.60. The van der Waals surface area contributed by atoms with Crippen molar-refractivity contribution in [2.45, 2.75) is 45.1 Å². The van der Waals surface area contributed by atoms with Gasteiger partial charge in [0.2, 0.25) is 0 Å². The number of halogens is 1. The van der Waals surface area contributed by atoms with Crippen LogP contribution >= 0.6 is 12.4 Å². The Labute approximate surface area is 172 Å². The van der Waals surface area contributed by atoms with E-state index in [9.17, 15) is 0 Å². The van der Waals surface area contributed by atoms with Gasteiger partial charge >= 0.3 is 0 Å². The van der Waals surface area contributed by atoms with Crippen molar-refractivity contribution in [1.29, 1.82) is 0 Å². The topological polar surface area (TPSA) is 27.7 Å². The van der Waals surface area contributed by atoms with Crippen LogP contribution in [0, 0.1) is 5.41 Å². The van der Waals surface area contributed by atoms with Crippen molar-refractivity contribution >= 4 is 12.4 Å². The van der Waals surface area contributed by atoms with Crippen molar-refractivity contribution < 1.29 is 4.74 Å². The molecule has 1 aromatic carbocycles. The summed E-state index contributed by atoms with van der Waals surface area (Å²) in [6.45, 7) is 11.8. The van der Waals surface area contributed by atoms with Crippen LogP contribution in [0.4, 0.5) is 0 Å². The SMILES string of the molecule is COc1ccccc1C1(NCC(C)(C)CN2CCN(C)CC2)CCCC1.Cl. The van der Waals surface area contributed by atoms with Gasteiger partial charge in [-0.25, -0.2) is 0 Å². The Morgan fingerprint density at radius 1 is 1.07 bits per heavy atom. The van der Waals surface area contributed by atoms with Crippen LogP contribution < -0.4 is 10.1 Å². The van der Waals surface area contributed by atoms with Crippen LogP contribution in [-0.2, 0) is 5.54 Å². The molecular weight excluding hydrogens is 358 g/mol. The van der Waals surface area contributed by atoms with E-state index in [-0.39, 0.29) is 23.4 Å². The Morgan fingerprint density at radius 2 is 1.70 bits per heavy atom. The molecule has 0 bridgehead atoms. The Morgan fingerprint density at radius 3 is 2.33 bits per heavy atom. The molecule has 1 saturated heterocycles. The van der Waals surface area contributed by atoms with E-state index in [4.69, 9.17) is 4.74 Å². The zero-order valence-electron chi connectivity index (χ0n) is 17.6. The number of methoxy groups -OCH3 is 1. The van der Waals surface area contributed by atoms with Gasteiger partial charge in [0.15, 0.2) is 0 Å². The van der Waals surface area contributed by atoms with E-state index in [1.54, 1.807) is 7.11 Å². The van der Waals surface area contributed by atoms with Gasteiger partial charge in [-0.2, -0.15) is 0 Å². The molecule has 1 aliphatic carbocycles. The highest BCUT2D eigenvalue weighted by Crippen LogP contribution is 2.43. The molecule has 0 atom stereocenters. The van der Waals surface area contributed by atoms with Gasteiger partial charge in [-0.1, -0.05) is 44.9 Å². The maximum absolute atomic E-state index is 5.69. The average Bonchev–Trinajstić information content (AvgIpc) is 3.12. The highest BCUT2D eigenvalue weighted by Gasteiger charge is 2.38. The van der Waals surface area contributed by atoms with Gasteiger partial charge in [-0.05, 0) is 31.4 Å². The first-order chi connectivity index (χ1) is 12.4. The molecule has 3 rings (SSSR count). The molecule has 2 aliphatic rings. The Kier molecular flexibility index (Phi) is 7.99. The van der Waals surface area contributed by atoms with Gasteiger partial charge in [-0.3, -0.25) is 0 Å². The fraction of sp³-hybridized carbons (Fsp3) is 0.727. The zero-order valence-corrected chi connectivity index (χ0v) is 18.4. The molecule has 0 radical (unpaired) electrons. The third-order valence-electron chi connectivity index (χ3n) is 6.23.